The lowest BCUT2D eigenvalue weighted by Crippen LogP contribution is -2.28. The fourth-order valence-electron chi connectivity index (χ4n) is 2.82. The topological polar surface area (TPSA) is 47.6 Å². The van der Waals surface area contributed by atoms with Crippen molar-refractivity contribution in [2.45, 2.75) is 18.3 Å². The Bertz CT molecular complexity index is 782. The summed E-state index contributed by atoms with van der Waals surface area (Å²) in [6.07, 6.45) is 1.56. The van der Waals surface area contributed by atoms with Crippen molar-refractivity contribution in [2.24, 2.45) is 0 Å². The number of nitrogens with one attached hydrogen (secondary N) is 1. The molecule has 1 aliphatic heterocycles. The highest BCUT2D eigenvalue weighted by Gasteiger charge is 2.51. The third-order valence-electron chi connectivity index (χ3n) is 4.31. The summed E-state index contributed by atoms with van der Waals surface area (Å²) in [5.41, 5.74) is 0.819. The van der Waals surface area contributed by atoms with Gasteiger partial charge in [-0.05, 0) is 42.7 Å². The van der Waals surface area contributed by atoms with E-state index < -0.39 is 5.41 Å². The van der Waals surface area contributed by atoms with Crippen LogP contribution >= 0.6 is 23.2 Å². The molecular formula is C17H13Cl2NO3. The van der Waals surface area contributed by atoms with Gasteiger partial charge in [0.05, 0.1) is 21.1 Å². The Balaban J connectivity index is 1.63. The predicted octanol–water partition coefficient (Wildman–Crippen LogP) is 4.39. The van der Waals surface area contributed by atoms with Crippen molar-refractivity contribution < 1.29 is 14.3 Å². The molecule has 0 unspecified atom stereocenters. The minimum absolute atomic E-state index is 0.105. The highest BCUT2D eigenvalue weighted by atomic mass is 35.5. The number of anilines is 1. The number of rotatable bonds is 3. The third-order valence-corrected chi connectivity index (χ3v) is 4.94. The molecule has 4 rings (SSSR count). The Labute approximate surface area is 143 Å². The second kappa shape index (κ2) is 5.32. The summed E-state index contributed by atoms with van der Waals surface area (Å²) >= 11 is 12.3. The SMILES string of the molecule is O=C(Nc1c(Cl)cccc1Cl)C1(c2ccc3c(c2)OCO3)CC1. The summed E-state index contributed by atoms with van der Waals surface area (Å²) in [6, 6.07) is 10.8. The van der Waals surface area contributed by atoms with Crippen molar-refractivity contribution in [2.75, 3.05) is 12.1 Å². The molecule has 1 N–H and O–H groups in total. The fraction of sp³-hybridized carbons (Fsp3) is 0.235. The van der Waals surface area contributed by atoms with Crippen molar-refractivity contribution in [3.05, 3.63) is 52.0 Å². The van der Waals surface area contributed by atoms with Gasteiger partial charge < -0.3 is 14.8 Å². The van der Waals surface area contributed by atoms with Gasteiger partial charge in [0, 0.05) is 0 Å². The first-order valence-corrected chi connectivity index (χ1v) is 8.01. The second-order valence-electron chi connectivity index (χ2n) is 5.70. The lowest BCUT2D eigenvalue weighted by Gasteiger charge is -2.17. The molecule has 1 saturated carbocycles. The fourth-order valence-corrected chi connectivity index (χ4v) is 3.31. The molecule has 1 aliphatic carbocycles. The number of amides is 1. The van der Waals surface area contributed by atoms with Gasteiger partial charge in [0.2, 0.25) is 12.7 Å². The molecule has 0 aromatic heterocycles. The first kappa shape index (κ1) is 14.7. The van der Waals surface area contributed by atoms with E-state index in [0.717, 1.165) is 18.4 Å². The van der Waals surface area contributed by atoms with Crippen molar-refractivity contribution in [3.8, 4) is 11.5 Å². The van der Waals surface area contributed by atoms with E-state index in [9.17, 15) is 4.79 Å². The Hall–Kier alpha value is -1.91. The molecule has 0 bridgehead atoms. The molecule has 4 nitrogen and oxygen atoms in total. The van der Waals surface area contributed by atoms with Gasteiger partial charge >= 0.3 is 0 Å². The zero-order chi connectivity index (χ0) is 16.0. The molecule has 2 aromatic rings. The van der Waals surface area contributed by atoms with Crippen molar-refractivity contribution in [3.63, 3.8) is 0 Å². The summed E-state index contributed by atoms with van der Waals surface area (Å²) in [6.45, 7) is 0.215. The van der Waals surface area contributed by atoms with Crippen LogP contribution in [0.3, 0.4) is 0 Å². The highest BCUT2D eigenvalue weighted by molar-refractivity contribution is 6.39. The molecule has 2 aliphatic rings. The number of ether oxygens (including phenoxy) is 2. The van der Waals surface area contributed by atoms with Crippen LogP contribution in [-0.2, 0) is 10.2 Å². The van der Waals surface area contributed by atoms with Crippen molar-refractivity contribution >= 4 is 34.8 Å². The summed E-state index contributed by atoms with van der Waals surface area (Å²) in [5, 5.41) is 3.72. The molecule has 0 spiro atoms. The molecule has 2 aromatic carbocycles. The van der Waals surface area contributed by atoms with E-state index in [-0.39, 0.29) is 12.7 Å². The van der Waals surface area contributed by atoms with Crippen LogP contribution < -0.4 is 14.8 Å². The summed E-state index contributed by atoms with van der Waals surface area (Å²) in [5.74, 6) is 1.28. The Morgan fingerprint density at radius 3 is 2.43 bits per heavy atom. The molecular weight excluding hydrogens is 337 g/mol. The average molecular weight is 350 g/mol. The van der Waals surface area contributed by atoms with Gasteiger partial charge in [0.15, 0.2) is 11.5 Å². The maximum atomic E-state index is 12.8. The largest absolute Gasteiger partial charge is 0.454 e. The van der Waals surface area contributed by atoms with Crippen LogP contribution in [0.25, 0.3) is 0 Å². The van der Waals surface area contributed by atoms with Crippen LogP contribution in [-0.4, -0.2) is 12.7 Å². The maximum absolute atomic E-state index is 12.8. The Kier molecular flexibility index (Phi) is 3.39. The van der Waals surface area contributed by atoms with Gasteiger partial charge in [-0.3, -0.25) is 4.79 Å². The number of hydrogen-bond acceptors (Lipinski definition) is 3. The number of hydrogen-bond donors (Lipinski definition) is 1. The van der Waals surface area contributed by atoms with Gasteiger partial charge in [-0.1, -0.05) is 35.3 Å². The van der Waals surface area contributed by atoms with Crippen LogP contribution in [0.5, 0.6) is 11.5 Å². The van der Waals surface area contributed by atoms with Crippen LogP contribution in [0.1, 0.15) is 18.4 Å². The minimum atomic E-state index is -0.552. The second-order valence-corrected chi connectivity index (χ2v) is 6.52. The van der Waals surface area contributed by atoms with Gasteiger partial charge in [-0.2, -0.15) is 0 Å². The molecule has 0 radical (unpaired) electrons. The molecule has 1 heterocycles. The summed E-state index contributed by atoms with van der Waals surface area (Å²) in [7, 11) is 0. The lowest BCUT2D eigenvalue weighted by molar-refractivity contribution is -0.118. The number of para-hydroxylation sites is 1. The number of benzene rings is 2. The predicted molar refractivity (Wildman–Crippen MR) is 88.6 cm³/mol. The summed E-state index contributed by atoms with van der Waals surface area (Å²) in [4.78, 5) is 12.8. The standard InChI is InChI=1S/C17H13Cl2NO3/c18-11-2-1-3-12(19)15(11)20-16(21)17(6-7-17)10-4-5-13-14(8-10)23-9-22-13/h1-5,8H,6-7,9H2,(H,20,21). The average Bonchev–Trinajstić information content (AvgIpc) is 3.22. The lowest BCUT2D eigenvalue weighted by atomic mass is 9.94. The van der Waals surface area contributed by atoms with E-state index in [2.05, 4.69) is 5.32 Å². The van der Waals surface area contributed by atoms with E-state index in [1.165, 1.54) is 0 Å². The number of fused-ring (bicyclic) bond motifs is 1. The summed E-state index contributed by atoms with van der Waals surface area (Å²) < 4.78 is 10.7. The smallest absolute Gasteiger partial charge is 0.235 e. The van der Waals surface area contributed by atoms with Gasteiger partial charge in [0.1, 0.15) is 0 Å². The van der Waals surface area contributed by atoms with E-state index >= 15 is 0 Å². The first-order chi connectivity index (χ1) is 11.1. The van der Waals surface area contributed by atoms with Crippen LogP contribution in [0.15, 0.2) is 36.4 Å². The van der Waals surface area contributed by atoms with Gasteiger partial charge in [0.25, 0.3) is 0 Å². The zero-order valence-corrected chi connectivity index (χ0v) is 13.6. The molecule has 0 atom stereocenters. The minimum Gasteiger partial charge on any atom is -0.454 e. The number of halogens is 2. The molecule has 1 amide bonds. The number of carbonyl (C=O) groups is 1. The molecule has 0 saturated heterocycles. The van der Waals surface area contributed by atoms with Crippen LogP contribution in [0, 0.1) is 0 Å². The molecule has 118 valence electrons. The Morgan fingerprint density at radius 1 is 1.04 bits per heavy atom. The van der Waals surface area contributed by atoms with Crippen molar-refractivity contribution in [1.82, 2.24) is 0 Å². The van der Waals surface area contributed by atoms with E-state index in [1.54, 1.807) is 18.2 Å². The molecule has 23 heavy (non-hydrogen) atoms. The zero-order valence-electron chi connectivity index (χ0n) is 12.1. The number of carbonyl (C=O) groups excluding carboxylic acids is 1. The quantitative estimate of drug-likeness (QED) is 0.893. The van der Waals surface area contributed by atoms with Crippen LogP contribution in [0.4, 0.5) is 5.69 Å². The van der Waals surface area contributed by atoms with E-state index in [1.807, 2.05) is 18.2 Å². The maximum Gasteiger partial charge on any atom is 0.235 e. The Morgan fingerprint density at radius 2 is 1.74 bits per heavy atom. The normalized spacial score (nSPS) is 17.0. The molecule has 1 fully saturated rings. The first-order valence-electron chi connectivity index (χ1n) is 7.26. The van der Waals surface area contributed by atoms with E-state index in [0.29, 0.717) is 27.2 Å². The van der Waals surface area contributed by atoms with E-state index in [4.69, 9.17) is 32.7 Å². The highest BCUT2D eigenvalue weighted by Crippen LogP contribution is 2.51. The molecule has 6 heteroatoms. The third kappa shape index (κ3) is 2.42. The van der Waals surface area contributed by atoms with Crippen LogP contribution in [0.2, 0.25) is 10.0 Å². The van der Waals surface area contributed by atoms with Crippen molar-refractivity contribution in [1.29, 1.82) is 0 Å². The van der Waals surface area contributed by atoms with Gasteiger partial charge in [-0.25, -0.2) is 0 Å². The monoisotopic (exact) mass is 349 g/mol. The van der Waals surface area contributed by atoms with Gasteiger partial charge in [-0.15, -0.1) is 0 Å².